The normalized spacial score (nSPS) is 10.5. The Morgan fingerprint density at radius 1 is 1.14 bits per heavy atom. The summed E-state index contributed by atoms with van der Waals surface area (Å²) in [4.78, 5) is 24.4. The van der Waals surface area contributed by atoms with E-state index in [2.05, 4.69) is 15.5 Å². The zero-order valence-electron chi connectivity index (χ0n) is 15.6. The molecule has 0 atom stereocenters. The molecule has 144 valence electrons. The lowest BCUT2D eigenvalue weighted by Crippen LogP contribution is -2.17. The van der Waals surface area contributed by atoms with Gasteiger partial charge in [-0.25, -0.2) is 4.79 Å². The van der Waals surface area contributed by atoms with Crippen molar-refractivity contribution < 1.29 is 14.3 Å². The first-order valence-electron chi connectivity index (χ1n) is 8.75. The van der Waals surface area contributed by atoms with E-state index in [1.165, 1.54) is 11.8 Å². The van der Waals surface area contributed by atoms with Gasteiger partial charge in [-0.3, -0.25) is 9.36 Å². The minimum Gasteiger partial charge on any atom is -0.462 e. The van der Waals surface area contributed by atoms with E-state index in [1.807, 2.05) is 35.8 Å². The van der Waals surface area contributed by atoms with Crippen LogP contribution in [-0.2, 0) is 9.53 Å². The van der Waals surface area contributed by atoms with E-state index in [4.69, 9.17) is 4.74 Å². The number of thioether (sulfide) groups is 1. The summed E-state index contributed by atoms with van der Waals surface area (Å²) in [5.74, 6) is -0.590. The van der Waals surface area contributed by atoms with Crippen LogP contribution in [0.2, 0.25) is 0 Å². The van der Waals surface area contributed by atoms with Crippen molar-refractivity contribution in [3.63, 3.8) is 0 Å². The van der Waals surface area contributed by atoms with Crippen LogP contribution < -0.4 is 5.32 Å². The number of esters is 1. The second-order valence-electron chi connectivity index (χ2n) is 5.87. The number of carbonyl (C=O) groups excluding carboxylic acids is 2. The van der Waals surface area contributed by atoms with Crippen molar-refractivity contribution in [1.29, 1.82) is 0 Å². The zero-order valence-corrected chi connectivity index (χ0v) is 16.4. The van der Waals surface area contributed by atoms with Crippen LogP contribution in [0.4, 0.5) is 5.69 Å². The van der Waals surface area contributed by atoms with E-state index >= 15 is 0 Å². The molecular formula is C20H20N4O3S. The Balaban J connectivity index is 1.68. The van der Waals surface area contributed by atoms with Gasteiger partial charge in [-0.2, -0.15) is 0 Å². The molecule has 0 fully saturated rings. The molecule has 0 aliphatic heterocycles. The van der Waals surface area contributed by atoms with E-state index in [0.29, 0.717) is 16.4 Å². The number of rotatable bonds is 7. The number of nitrogens with one attached hydrogen (secondary N) is 1. The fraction of sp³-hybridized carbons (Fsp3) is 0.200. The second kappa shape index (κ2) is 9.18. The number of para-hydroxylation sites is 2. The van der Waals surface area contributed by atoms with Gasteiger partial charge in [-0.05, 0) is 37.6 Å². The Kier molecular flexibility index (Phi) is 6.44. The van der Waals surface area contributed by atoms with Crippen molar-refractivity contribution in [2.45, 2.75) is 19.0 Å². The van der Waals surface area contributed by atoms with E-state index in [1.54, 1.807) is 37.5 Å². The highest BCUT2D eigenvalue weighted by molar-refractivity contribution is 7.99. The van der Waals surface area contributed by atoms with Crippen LogP contribution in [0, 0.1) is 6.92 Å². The number of hydrogen-bond donors (Lipinski definition) is 1. The highest BCUT2D eigenvalue weighted by atomic mass is 32.2. The standard InChI is InChI=1S/C20H20N4O3S/c1-3-27-19(26)15-9-5-6-10-16(15)22-18(25)12-28-20-23-21-13-24(20)17-11-7-4-8-14(17)2/h4-11,13H,3,12H2,1-2H3,(H,22,25). The average Bonchev–Trinajstić information content (AvgIpc) is 3.16. The van der Waals surface area contributed by atoms with E-state index in [9.17, 15) is 9.59 Å². The number of hydrogen-bond acceptors (Lipinski definition) is 6. The van der Waals surface area contributed by atoms with Crippen LogP contribution in [-0.4, -0.2) is 39.0 Å². The summed E-state index contributed by atoms with van der Waals surface area (Å²) in [6, 6.07) is 14.6. The highest BCUT2D eigenvalue weighted by Gasteiger charge is 2.15. The first-order chi connectivity index (χ1) is 13.6. The van der Waals surface area contributed by atoms with Crippen LogP contribution in [0.15, 0.2) is 60.0 Å². The largest absolute Gasteiger partial charge is 0.462 e. The first-order valence-corrected chi connectivity index (χ1v) is 9.73. The van der Waals surface area contributed by atoms with E-state index in [0.717, 1.165) is 11.3 Å². The maximum absolute atomic E-state index is 12.4. The number of aromatic nitrogens is 3. The Morgan fingerprint density at radius 3 is 2.68 bits per heavy atom. The minimum atomic E-state index is -0.467. The zero-order chi connectivity index (χ0) is 19.9. The minimum absolute atomic E-state index is 0.127. The summed E-state index contributed by atoms with van der Waals surface area (Å²) in [6.07, 6.45) is 1.62. The number of ether oxygens (including phenoxy) is 1. The first kappa shape index (κ1) is 19.6. The van der Waals surface area contributed by atoms with E-state index < -0.39 is 5.97 Å². The molecule has 0 aliphatic carbocycles. The molecule has 1 amide bonds. The SMILES string of the molecule is CCOC(=O)c1ccccc1NC(=O)CSc1nncn1-c1ccccc1C. The van der Waals surface area contributed by atoms with Crippen molar-refractivity contribution >= 4 is 29.3 Å². The molecule has 0 spiro atoms. The maximum Gasteiger partial charge on any atom is 0.340 e. The third kappa shape index (κ3) is 4.58. The Labute approximate surface area is 167 Å². The summed E-state index contributed by atoms with van der Waals surface area (Å²) in [5, 5.41) is 11.4. The topological polar surface area (TPSA) is 86.1 Å². The summed E-state index contributed by atoms with van der Waals surface area (Å²) >= 11 is 1.27. The highest BCUT2D eigenvalue weighted by Crippen LogP contribution is 2.22. The van der Waals surface area contributed by atoms with Crippen LogP contribution >= 0.6 is 11.8 Å². The molecule has 0 saturated carbocycles. The monoisotopic (exact) mass is 396 g/mol. The molecule has 8 heteroatoms. The summed E-state index contributed by atoms with van der Waals surface area (Å²) in [5.41, 5.74) is 2.79. The molecule has 1 aromatic heterocycles. The molecule has 0 bridgehead atoms. The van der Waals surface area contributed by atoms with Gasteiger partial charge in [0.2, 0.25) is 5.91 Å². The number of nitrogens with zero attached hydrogens (tertiary/aromatic N) is 3. The second-order valence-corrected chi connectivity index (χ2v) is 6.82. The molecule has 28 heavy (non-hydrogen) atoms. The number of anilines is 1. The van der Waals surface area contributed by atoms with Crippen LogP contribution in [0.5, 0.6) is 0 Å². The number of amides is 1. The van der Waals surface area contributed by atoms with E-state index in [-0.39, 0.29) is 18.3 Å². The van der Waals surface area contributed by atoms with Gasteiger partial charge in [0.1, 0.15) is 6.33 Å². The lowest BCUT2D eigenvalue weighted by atomic mass is 10.2. The van der Waals surface area contributed by atoms with Gasteiger partial charge in [-0.1, -0.05) is 42.1 Å². The molecule has 3 aromatic rings. The van der Waals surface area contributed by atoms with Gasteiger partial charge in [-0.15, -0.1) is 10.2 Å². The van der Waals surface area contributed by atoms with Gasteiger partial charge < -0.3 is 10.1 Å². The predicted molar refractivity (Wildman–Crippen MR) is 108 cm³/mol. The predicted octanol–water partition coefficient (Wildman–Crippen LogP) is 3.48. The van der Waals surface area contributed by atoms with Crippen LogP contribution in [0.1, 0.15) is 22.8 Å². The van der Waals surface area contributed by atoms with Gasteiger partial charge >= 0.3 is 5.97 Å². The lowest BCUT2D eigenvalue weighted by Gasteiger charge is -2.11. The maximum atomic E-state index is 12.4. The van der Waals surface area contributed by atoms with Gasteiger partial charge in [0.25, 0.3) is 0 Å². The molecule has 7 nitrogen and oxygen atoms in total. The van der Waals surface area contributed by atoms with Gasteiger partial charge in [0.05, 0.1) is 29.3 Å². The molecule has 2 aromatic carbocycles. The molecule has 3 rings (SSSR count). The Bertz CT molecular complexity index is 987. The van der Waals surface area contributed by atoms with Crippen molar-refractivity contribution in [2.75, 3.05) is 17.7 Å². The van der Waals surface area contributed by atoms with Crippen molar-refractivity contribution in [2.24, 2.45) is 0 Å². The fourth-order valence-electron chi connectivity index (χ4n) is 2.62. The molecular weight excluding hydrogens is 376 g/mol. The number of carbonyl (C=O) groups is 2. The summed E-state index contributed by atoms with van der Waals surface area (Å²) < 4.78 is 6.87. The molecule has 1 N–H and O–H groups in total. The number of aryl methyl sites for hydroxylation is 1. The quantitative estimate of drug-likeness (QED) is 0.486. The summed E-state index contributed by atoms with van der Waals surface area (Å²) in [7, 11) is 0. The number of benzene rings is 2. The smallest absolute Gasteiger partial charge is 0.340 e. The Morgan fingerprint density at radius 2 is 1.89 bits per heavy atom. The van der Waals surface area contributed by atoms with Gasteiger partial charge in [0.15, 0.2) is 5.16 Å². The van der Waals surface area contributed by atoms with Crippen molar-refractivity contribution in [3.8, 4) is 5.69 Å². The summed E-state index contributed by atoms with van der Waals surface area (Å²) in [6.45, 7) is 4.01. The molecule has 0 radical (unpaired) electrons. The molecule has 0 saturated heterocycles. The third-order valence-electron chi connectivity index (χ3n) is 3.92. The lowest BCUT2D eigenvalue weighted by molar-refractivity contribution is -0.113. The molecule has 0 unspecified atom stereocenters. The van der Waals surface area contributed by atoms with Crippen molar-refractivity contribution in [1.82, 2.24) is 14.8 Å². The average molecular weight is 396 g/mol. The van der Waals surface area contributed by atoms with Crippen LogP contribution in [0.25, 0.3) is 5.69 Å². The van der Waals surface area contributed by atoms with Crippen LogP contribution in [0.3, 0.4) is 0 Å². The fourth-order valence-corrected chi connectivity index (χ4v) is 3.34. The molecule has 1 heterocycles. The van der Waals surface area contributed by atoms with Crippen molar-refractivity contribution in [3.05, 3.63) is 66.0 Å². The third-order valence-corrected chi connectivity index (χ3v) is 4.86. The molecule has 0 aliphatic rings. The Hall–Kier alpha value is -3.13. The van der Waals surface area contributed by atoms with Gasteiger partial charge in [0, 0.05) is 0 Å².